The van der Waals surface area contributed by atoms with E-state index in [9.17, 15) is 0 Å². The lowest BCUT2D eigenvalue weighted by Crippen LogP contribution is -2.29. The van der Waals surface area contributed by atoms with Gasteiger partial charge in [-0.2, -0.15) is 0 Å². The summed E-state index contributed by atoms with van der Waals surface area (Å²) >= 11 is 0. The van der Waals surface area contributed by atoms with Gasteiger partial charge < -0.3 is 9.80 Å². The van der Waals surface area contributed by atoms with E-state index in [4.69, 9.17) is 0 Å². The molecule has 0 unspecified atom stereocenters. The Labute approximate surface area is 562 Å². The first-order valence-electron chi connectivity index (χ1n) is 33.7. The molecule has 0 fully saturated rings. The highest BCUT2D eigenvalue weighted by Gasteiger charge is 2.48. The van der Waals surface area contributed by atoms with Crippen LogP contribution in [-0.4, -0.2) is 0 Å². The number of hydrogen-bond donors (Lipinski definition) is 0. The van der Waals surface area contributed by atoms with Crippen LogP contribution in [0, 0.1) is 27.7 Å². The van der Waals surface area contributed by atoms with Gasteiger partial charge in [-0.25, -0.2) is 0 Å². The Kier molecular flexibility index (Phi) is 13.3. The average Bonchev–Trinajstić information content (AvgIpc) is 1.27. The van der Waals surface area contributed by atoms with Gasteiger partial charge in [0.05, 0.1) is 33.6 Å². The molecule has 16 aromatic rings. The van der Waals surface area contributed by atoms with E-state index in [0.717, 1.165) is 34.1 Å². The van der Waals surface area contributed by atoms with Gasteiger partial charge in [-0.15, -0.1) is 0 Å². The lowest BCUT2D eigenvalue weighted by molar-refractivity contribution is 0.766. The Morgan fingerprint density at radius 2 is 0.479 bits per heavy atom. The first kappa shape index (κ1) is 56.9. The molecule has 2 aliphatic carbocycles. The largest absolute Gasteiger partial charge is 0.309 e. The highest BCUT2D eigenvalue weighted by Crippen LogP contribution is 2.60. The summed E-state index contributed by atoms with van der Waals surface area (Å²) in [6.45, 7) is 9.34. The summed E-state index contributed by atoms with van der Waals surface area (Å²) in [5.74, 6) is 0. The molecule has 0 atom stereocenters. The van der Waals surface area contributed by atoms with Gasteiger partial charge in [0.1, 0.15) is 0 Å². The van der Waals surface area contributed by atoms with Crippen LogP contribution in [0.2, 0.25) is 0 Å². The van der Waals surface area contributed by atoms with Gasteiger partial charge in [0.25, 0.3) is 0 Å². The van der Waals surface area contributed by atoms with Crippen molar-refractivity contribution < 1.29 is 0 Å². The van der Waals surface area contributed by atoms with Crippen LogP contribution in [0.25, 0.3) is 76.8 Å². The monoisotopic (exact) mass is 1220 g/mol. The van der Waals surface area contributed by atoms with Gasteiger partial charge in [0.2, 0.25) is 0 Å². The predicted octanol–water partition coefficient (Wildman–Crippen LogP) is 24.8. The van der Waals surface area contributed by atoms with Gasteiger partial charge in [-0.1, -0.05) is 303 Å². The van der Waals surface area contributed by atoms with E-state index in [1.807, 2.05) is 0 Å². The molecule has 0 N–H and O–H groups in total. The second-order valence-corrected chi connectivity index (χ2v) is 26.4. The molecule has 0 radical (unpaired) electrons. The topological polar surface area (TPSA) is 6.48 Å². The molecule has 0 aromatic heterocycles. The van der Waals surface area contributed by atoms with E-state index in [-0.39, 0.29) is 0 Å². The lowest BCUT2D eigenvalue weighted by atomic mass is 9.67. The molecule has 18 rings (SSSR count). The molecule has 2 heteroatoms. The minimum Gasteiger partial charge on any atom is -0.309 e. The number of fused-ring (bicyclic) bond motifs is 6. The van der Waals surface area contributed by atoms with Gasteiger partial charge in [0, 0.05) is 32.9 Å². The summed E-state index contributed by atoms with van der Waals surface area (Å²) in [6.07, 6.45) is 0. The van der Waals surface area contributed by atoms with Gasteiger partial charge >= 0.3 is 0 Å². The van der Waals surface area contributed by atoms with Crippen LogP contribution >= 0.6 is 0 Å². The molecule has 0 bridgehead atoms. The standard InChI is InChI=1S/C94H68N2/c1-61-55-69(93(67-35-15-7-16-36-67)83-47-27-23-43-73(83)74-44-24-28-48-84(74)93)56-62(2)91(61)95(71-39-19-9-20-40-71)87-59-81(65-31-11-5-12-32-65)77-52-54-80-88(60-82(66-33-13-6-14-34-66)78-51-53-79(87)89(77)90(78)80)96(72-41-21-10-22-42-72)92-63(3)57-70(58-64(92)4)94(68-37-17-8-18-38-68)85-49-29-25-45-75(85)76-46-26-30-50-86(76)94/h5-60H,1-4H3. The SMILES string of the molecule is Cc1cc(C2(c3ccccc3)c3ccccc3-c3ccccc32)cc(C)c1N(c1ccccc1)c1cc(-c2ccccc2)c2ccc3c(N(c4ccccc4)c4c(C)cc(C5(c6ccccc6)c6ccccc6-c6ccccc65)cc4C)cc(-c4ccccc4)c4ccc1c2c43. The summed E-state index contributed by atoms with van der Waals surface area (Å²) in [6, 6.07) is 128. The van der Waals surface area contributed by atoms with E-state index in [1.165, 1.54) is 144 Å². The summed E-state index contributed by atoms with van der Waals surface area (Å²) in [5, 5.41) is 7.24. The van der Waals surface area contributed by atoms with Gasteiger partial charge in [-0.05, 0) is 186 Å². The Morgan fingerprint density at radius 3 is 0.792 bits per heavy atom. The summed E-state index contributed by atoms with van der Waals surface area (Å²) < 4.78 is 0. The Hall–Kier alpha value is -11.8. The maximum absolute atomic E-state index is 2.57. The van der Waals surface area contributed by atoms with Crippen molar-refractivity contribution in [2.45, 2.75) is 38.5 Å². The second kappa shape index (κ2) is 22.4. The van der Waals surface area contributed by atoms with E-state index in [1.54, 1.807) is 0 Å². The molecule has 2 aliphatic rings. The zero-order valence-corrected chi connectivity index (χ0v) is 54.2. The molecule has 0 spiro atoms. The minimum absolute atomic E-state index is 0.548. The number of nitrogens with zero attached hydrogens (tertiary/aromatic N) is 2. The molecule has 0 aliphatic heterocycles. The molecule has 0 saturated carbocycles. The fourth-order valence-corrected chi connectivity index (χ4v) is 17.4. The number of hydrogen-bond acceptors (Lipinski definition) is 2. The van der Waals surface area contributed by atoms with Gasteiger partial charge in [0.15, 0.2) is 0 Å². The minimum atomic E-state index is -0.548. The Morgan fingerprint density at radius 1 is 0.219 bits per heavy atom. The first-order chi connectivity index (χ1) is 47.3. The van der Waals surface area contributed by atoms with Crippen molar-refractivity contribution in [3.63, 3.8) is 0 Å². The number of rotatable bonds is 12. The maximum atomic E-state index is 2.57. The van der Waals surface area contributed by atoms with Crippen molar-refractivity contribution in [1.29, 1.82) is 0 Å². The highest BCUT2D eigenvalue weighted by atomic mass is 15.2. The van der Waals surface area contributed by atoms with Crippen LogP contribution in [0.3, 0.4) is 0 Å². The van der Waals surface area contributed by atoms with Crippen molar-refractivity contribution in [1.82, 2.24) is 0 Å². The van der Waals surface area contributed by atoms with Crippen molar-refractivity contribution in [3.05, 3.63) is 406 Å². The third kappa shape index (κ3) is 8.38. The van der Waals surface area contributed by atoms with Crippen molar-refractivity contribution in [2.24, 2.45) is 0 Å². The van der Waals surface area contributed by atoms with E-state index in [0.29, 0.717) is 0 Å². The van der Waals surface area contributed by atoms with Crippen LogP contribution in [0.15, 0.2) is 340 Å². The van der Waals surface area contributed by atoms with Crippen molar-refractivity contribution in [3.8, 4) is 44.5 Å². The zero-order chi connectivity index (χ0) is 64.2. The molecule has 0 heterocycles. The molecular formula is C94H68N2. The average molecular weight is 1230 g/mol. The van der Waals surface area contributed by atoms with E-state index < -0.39 is 10.8 Å². The van der Waals surface area contributed by atoms with E-state index >= 15 is 0 Å². The van der Waals surface area contributed by atoms with Crippen LogP contribution < -0.4 is 9.80 Å². The molecule has 2 nitrogen and oxygen atoms in total. The summed E-state index contributed by atoms with van der Waals surface area (Å²) in [5.41, 5.74) is 30.5. The molecule has 0 saturated heterocycles. The summed E-state index contributed by atoms with van der Waals surface area (Å²) in [4.78, 5) is 5.15. The third-order valence-electron chi connectivity index (χ3n) is 21.1. The predicted molar refractivity (Wildman–Crippen MR) is 404 cm³/mol. The molecule has 454 valence electrons. The van der Waals surface area contributed by atoms with Crippen LogP contribution in [-0.2, 0) is 10.8 Å². The highest BCUT2D eigenvalue weighted by molar-refractivity contribution is 6.32. The molecule has 0 amide bonds. The zero-order valence-electron chi connectivity index (χ0n) is 54.2. The maximum Gasteiger partial charge on any atom is 0.0713 e. The fourth-order valence-electron chi connectivity index (χ4n) is 17.4. The number of aryl methyl sites for hydroxylation is 4. The number of para-hydroxylation sites is 2. The number of benzene rings is 16. The van der Waals surface area contributed by atoms with E-state index in [2.05, 4.69) is 377 Å². The first-order valence-corrected chi connectivity index (χ1v) is 33.7. The van der Waals surface area contributed by atoms with Crippen molar-refractivity contribution in [2.75, 3.05) is 9.80 Å². The van der Waals surface area contributed by atoms with Crippen molar-refractivity contribution >= 4 is 66.4 Å². The Bertz CT molecular complexity index is 5190. The Balaban J connectivity index is 0.908. The third-order valence-corrected chi connectivity index (χ3v) is 21.1. The molecule has 16 aromatic carbocycles. The molecule has 96 heavy (non-hydrogen) atoms. The normalized spacial score (nSPS) is 13.2. The summed E-state index contributed by atoms with van der Waals surface area (Å²) in [7, 11) is 0. The second-order valence-electron chi connectivity index (χ2n) is 26.4. The van der Waals surface area contributed by atoms with Gasteiger partial charge in [-0.3, -0.25) is 0 Å². The van der Waals surface area contributed by atoms with Crippen LogP contribution in [0.5, 0.6) is 0 Å². The smallest absolute Gasteiger partial charge is 0.0713 e. The van der Waals surface area contributed by atoms with Crippen LogP contribution in [0.4, 0.5) is 34.1 Å². The number of anilines is 6. The lowest BCUT2D eigenvalue weighted by Gasteiger charge is -2.37. The fraction of sp³-hybridized carbons (Fsp3) is 0.0638. The van der Waals surface area contributed by atoms with Crippen LogP contribution in [0.1, 0.15) is 66.8 Å². The quantitative estimate of drug-likeness (QED) is 0.113. The molecular weight excluding hydrogens is 1160 g/mol.